The van der Waals surface area contributed by atoms with Gasteiger partial charge in [-0.25, -0.2) is 4.98 Å². The molecule has 2 aromatic rings. The number of carbonyl (C=O) groups is 1. The van der Waals surface area contributed by atoms with Crippen LogP contribution in [0.15, 0.2) is 28.9 Å². The maximum Gasteiger partial charge on any atom is 0.185 e. The summed E-state index contributed by atoms with van der Waals surface area (Å²) in [6.07, 6.45) is 0.665. The monoisotopic (exact) mass is 284 g/mol. The molecule has 15 heavy (non-hydrogen) atoms. The Morgan fingerprint density at radius 1 is 1.47 bits per heavy atom. The highest BCUT2D eigenvalue weighted by Crippen LogP contribution is 2.27. The van der Waals surface area contributed by atoms with Crippen molar-refractivity contribution in [3.63, 3.8) is 0 Å². The topological polar surface area (TPSA) is 45.8 Å². The highest BCUT2D eigenvalue weighted by Gasteiger charge is 2.09. The third-order valence-electron chi connectivity index (χ3n) is 1.89. The van der Waals surface area contributed by atoms with Crippen LogP contribution in [0.4, 0.5) is 0 Å². The number of hydrogen-bond donors (Lipinski definition) is 1. The van der Waals surface area contributed by atoms with Gasteiger partial charge in [0.1, 0.15) is 10.3 Å². The van der Waals surface area contributed by atoms with E-state index in [9.17, 15) is 4.79 Å². The van der Waals surface area contributed by atoms with Gasteiger partial charge in [0, 0.05) is 10.6 Å². The smallest absolute Gasteiger partial charge is 0.185 e. The molecular formula is C10H6BrClN2O. The molecular weight excluding hydrogens is 279 g/mol. The molecule has 1 aromatic heterocycles. The minimum atomic E-state index is 0.289. The number of rotatable bonds is 2. The van der Waals surface area contributed by atoms with Crippen LogP contribution >= 0.6 is 27.5 Å². The predicted octanol–water partition coefficient (Wildman–Crippen LogP) is 3.31. The van der Waals surface area contributed by atoms with Gasteiger partial charge in [0.05, 0.1) is 0 Å². The van der Waals surface area contributed by atoms with Gasteiger partial charge in [-0.05, 0) is 28.1 Å². The number of imidazole rings is 1. The summed E-state index contributed by atoms with van der Waals surface area (Å²) in [4.78, 5) is 17.4. The first-order chi connectivity index (χ1) is 7.20. The number of aldehydes is 1. The average molecular weight is 286 g/mol. The summed E-state index contributed by atoms with van der Waals surface area (Å²) in [5, 5.41) is 0.634. The van der Waals surface area contributed by atoms with Crippen LogP contribution in [0, 0.1) is 0 Å². The quantitative estimate of drug-likeness (QED) is 0.861. The van der Waals surface area contributed by atoms with Crippen molar-refractivity contribution in [2.45, 2.75) is 0 Å². The number of halogens is 2. The van der Waals surface area contributed by atoms with E-state index in [2.05, 4.69) is 25.9 Å². The first-order valence-electron chi connectivity index (χ1n) is 4.17. The van der Waals surface area contributed by atoms with Crippen LogP contribution < -0.4 is 0 Å². The maximum atomic E-state index is 10.5. The molecule has 0 amide bonds. The van der Waals surface area contributed by atoms with E-state index in [1.165, 1.54) is 0 Å². The zero-order valence-electron chi connectivity index (χ0n) is 7.50. The normalized spacial score (nSPS) is 10.3. The van der Waals surface area contributed by atoms with Crippen molar-refractivity contribution in [2.75, 3.05) is 0 Å². The second-order valence-corrected chi connectivity index (χ2v) is 4.14. The van der Waals surface area contributed by atoms with Crippen molar-refractivity contribution in [3.8, 4) is 11.3 Å². The van der Waals surface area contributed by atoms with Crippen LogP contribution in [0.1, 0.15) is 10.6 Å². The maximum absolute atomic E-state index is 10.5. The highest BCUT2D eigenvalue weighted by atomic mass is 79.9. The molecule has 0 atom stereocenters. The van der Waals surface area contributed by atoms with Crippen molar-refractivity contribution in [2.24, 2.45) is 0 Å². The lowest BCUT2D eigenvalue weighted by Gasteiger charge is -1.97. The van der Waals surface area contributed by atoms with Crippen molar-refractivity contribution in [1.82, 2.24) is 9.97 Å². The van der Waals surface area contributed by atoms with Crippen molar-refractivity contribution < 1.29 is 4.79 Å². The number of benzene rings is 1. The molecule has 1 heterocycles. The Kier molecular flexibility index (Phi) is 2.88. The molecule has 1 N–H and O–H groups in total. The van der Waals surface area contributed by atoms with Gasteiger partial charge < -0.3 is 4.98 Å². The Labute approximate surface area is 99.6 Å². The molecule has 1 aromatic carbocycles. The molecule has 5 heteroatoms. The molecule has 0 bridgehead atoms. The van der Waals surface area contributed by atoms with Gasteiger partial charge in [-0.3, -0.25) is 4.79 Å². The Morgan fingerprint density at radius 3 is 2.87 bits per heavy atom. The second kappa shape index (κ2) is 4.16. The number of aromatic amines is 1. The molecule has 0 saturated carbocycles. The first-order valence-corrected chi connectivity index (χ1v) is 5.34. The second-order valence-electron chi connectivity index (χ2n) is 2.91. The van der Waals surface area contributed by atoms with Gasteiger partial charge in [0.2, 0.25) is 0 Å². The van der Waals surface area contributed by atoms with Crippen molar-refractivity contribution >= 4 is 33.8 Å². The summed E-state index contributed by atoms with van der Waals surface area (Å²) in [7, 11) is 0. The van der Waals surface area contributed by atoms with E-state index in [1.807, 2.05) is 12.1 Å². The zero-order chi connectivity index (χ0) is 10.8. The third-order valence-corrected chi connectivity index (χ3v) is 2.70. The van der Waals surface area contributed by atoms with E-state index < -0.39 is 0 Å². The van der Waals surface area contributed by atoms with Crippen molar-refractivity contribution in [1.29, 1.82) is 0 Å². The van der Waals surface area contributed by atoms with Crippen LogP contribution in [0.2, 0.25) is 5.02 Å². The molecule has 3 nitrogen and oxygen atoms in total. The van der Waals surface area contributed by atoms with Gasteiger partial charge in [0.15, 0.2) is 12.1 Å². The Balaban J connectivity index is 2.53. The summed E-state index contributed by atoms with van der Waals surface area (Å²) in [6.45, 7) is 0. The minimum Gasteiger partial charge on any atom is -0.330 e. The first kappa shape index (κ1) is 10.4. The molecule has 0 unspecified atom stereocenters. The molecule has 0 aliphatic carbocycles. The van der Waals surface area contributed by atoms with Crippen LogP contribution in [0.3, 0.4) is 0 Å². The van der Waals surface area contributed by atoms with E-state index in [0.717, 1.165) is 5.56 Å². The fourth-order valence-electron chi connectivity index (χ4n) is 1.25. The lowest BCUT2D eigenvalue weighted by molar-refractivity contribution is 0.111. The number of aromatic nitrogens is 2. The van der Waals surface area contributed by atoms with E-state index in [1.54, 1.807) is 12.1 Å². The largest absolute Gasteiger partial charge is 0.330 e. The SMILES string of the molecule is O=Cc1nc(-c2cccc(Cl)c2)c(Br)[nH]1. The van der Waals surface area contributed by atoms with Crippen molar-refractivity contribution in [3.05, 3.63) is 39.7 Å². The van der Waals surface area contributed by atoms with Crippen LogP contribution in [-0.2, 0) is 0 Å². The predicted molar refractivity (Wildman–Crippen MR) is 62.1 cm³/mol. The van der Waals surface area contributed by atoms with Crippen LogP contribution in [-0.4, -0.2) is 16.3 Å². The molecule has 0 aliphatic heterocycles. The number of H-pyrrole nitrogens is 1. The standard InChI is InChI=1S/C10H6BrClN2O/c11-10-9(13-8(5-15)14-10)6-2-1-3-7(12)4-6/h1-5H,(H,13,14). The molecule has 0 spiro atoms. The lowest BCUT2D eigenvalue weighted by Crippen LogP contribution is -1.81. The molecule has 2 rings (SSSR count). The molecule has 76 valence electrons. The summed E-state index contributed by atoms with van der Waals surface area (Å²) < 4.78 is 0.673. The van der Waals surface area contributed by atoms with Gasteiger partial charge in [-0.15, -0.1) is 0 Å². The lowest BCUT2D eigenvalue weighted by atomic mass is 10.2. The fourth-order valence-corrected chi connectivity index (χ4v) is 1.96. The molecule has 0 radical (unpaired) electrons. The van der Waals surface area contributed by atoms with Gasteiger partial charge in [0.25, 0.3) is 0 Å². The third kappa shape index (κ3) is 2.11. The van der Waals surface area contributed by atoms with E-state index in [-0.39, 0.29) is 5.82 Å². The highest BCUT2D eigenvalue weighted by molar-refractivity contribution is 9.10. The Bertz CT molecular complexity index is 510. The number of hydrogen-bond acceptors (Lipinski definition) is 2. The van der Waals surface area contributed by atoms with Crippen LogP contribution in [0.25, 0.3) is 11.3 Å². The van der Waals surface area contributed by atoms with Crippen LogP contribution in [0.5, 0.6) is 0 Å². The zero-order valence-corrected chi connectivity index (χ0v) is 9.84. The summed E-state index contributed by atoms with van der Waals surface area (Å²) >= 11 is 9.16. The van der Waals surface area contributed by atoms with E-state index in [4.69, 9.17) is 11.6 Å². The van der Waals surface area contributed by atoms with E-state index in [0.29, 0.717) is 21.6 Å². The summed E-state index contributed by atoms with van der Waals surface area (Å²) in [5.74, 6) is 0.289. The summed E-state index contributed by atoms with van der Waals surface area (Å²) in [5.41, 5.74) is 1.54. The molecule has 0 aliphatic rings. The average Bonchev–Trinajstić information content (AvgIpc) is 2.60. The minimum absolute atomic E-state index is 0.289. The number of nitrogens with one attached hydrogen (secondary N) is 1. The summed E-state index contributed by atoms with van der Waals surface area (Å²) in [6, 6.07) is 7.28. The van der Waals surface area contributed by atoms with Gasteiger partial charge in [-0.1, -0.05) is 23.7 Å². The fraction of sp³-hybridized carbons (Fsp3) is 0. The van der Waals surface area contributed by atoms with Gasteiger partial charge in [-0.2, -0.15) is 0 Å². The molecule has 0 fully saturated rings. The Hall–Kier alpha value is -1.13. The Morgan fingerprint density at radius 2 is 2.27 bits per heavy atom. The van der Waals surface area contributed by atoms with E-state index >= 15 is 0 Å². The van der Waals surface area contributed by atoms with Gasteiger partial charge >= 0.3 is 0 Å². The molecule has 0 saturated heterocycles. The number of carbonyl (C=O) groups excluding carboxylic acids is 1. The number of nitrogens with zero attached hydrogens (tertiary/aromatic N) is 1.